The highest BCUT2D eigenvalue weighted by Crippen LogP contribution is 2.34. The van der Waals surface area contributed by atoms with Gasteiger partial charge in [-0.2, -0.15) is 5.26 Å². The summed E-state index contributed by atoms with van der Waals surface area (Å²) < 4.78 is 11.2. The molecule has 164 valence electrons. The third-order valence-corrected chi connectivity index (χ3v) is 5.67. The zero-order valence-electron chi connectivity index (χ0n) is 18.4. The average Bonchev–Trinajstić information content (AvgIpc) is 2.85. The Labute approximate surface area is 188 Å². The Morgan fingerprint density at radius 1 is 1.06 bits per heavy atom. The molecule has 2 N–H and O–H groups in total. The van der Waals surface area contributed by atoms with E-state index >= 15 is 0 Å². The van der Waals surface area contributed by atoms with E-state index in [-0.39, 0.29) is 0 Å². The molecule has 4 rings (SSSR count). The number of hydrogen-bond donors (Lipinski definition) is 2. The quantitative estimate of drug-likeness (QED) is 0.565. The molecule has 0 amide bonds. The fraction of sp³-hybridized carbons (Fsp3) is 0.320. The van der Waals surface area contributed by atoms with Gasteiger partial charge in [0, 0.05) is 18.0 Å². The van der Waals surface area contributed by atoms with Gasteiger partial charge in [0.25, 0.3) is 0 Å². The van der Waals surface area contributed by atoms with Crippen LogP contribution < -0.4 is 20.1 Å². The molecular weight excluding hydrogens is 402 g/mol. The van der Waals surface area contributed by atoms with Crippen molar-refractivity contribution in [2.45, 2.75) is 25.7 Å². The minimum atomic E-state index is 0.486. The molecule has 0 bridgehead atoms. The largest absolute Gasteiger partial charge is 0.495 e. The van der Waals surface area contributed by atoms with Crippen LogP contribution in [0, 0.1) is 11.3 Å². The van der Waals surface area contributed by atoms with Gasteiger partial charge in [0.1, 0.15) is 17.6 Å². The number of hydrogen-bond acceptors (Lipinski definition) is 7. The highest BCUT2D eigenvalue weighted by molar-refractivity contribution is 5.68. The van der Waals surface area contributed by atoms with E-state index in [1.165, 1.54) is 5.56 Å². The van der Waals surface area contributed by atoms with Crippen LogP contribution in [0.15, 0.2) is 48.8 Å². The van der Waals surface area contributed by atoms with Crippen molar-refractivity contribution in [2.24, 2.45) is 0 Å². The summed E-state index contributed by atoms with van der Waals surface area (Å²) >= 11 is 0. The first kappa shape index (κ1) is 21.6. The van der Waals surface area contributed by atoms with Crippen LogP contribution in [0.2, 0.25) is 0 Å². The lowest BCUT2D eigenvalue weighted by molar-refractivity contribution is 0.339. The number of nitrogens with one attached hydrogen (secondary N) is 2. The molecule has 1 aromatic heterocycles. The average molecular weight is 430 g/mol. The molecule has 3 aromatic rings. The summed E-state index contributed by atoms with van der Waals surface area (Å²) in [5.74, 6) is 2.39. The Balaban J connectivity index is 1.51. The second-order valence-electron chi connectivity index (χ2n) is 7.66. The van der Waals surface area contributed by atoms with E-state index in [0.717, 1.165) is 48.5 Å². The number of piperidine rings is 1. The Morgan fingerprint density at radius 3 is 2.53 bits per heavy atom. The normalized spacial score (nSPS) is 13.9. The van der Waals surface area contributed by atoms with Gasteiger partial charge in [-0.3, -0.25) is 0 Å². The van der Waals surface area contributed by atoms with Gasteiger partial charge in [0.2, 0.25) is 5.95 Å². The van der Waals surface area contributed by atoms with Gasteiger partial charge < -0.3 is 20.1 Å². The van der Waals surface area contributed by atoms with Gasteiger partial charge in [-0.05, 0) is 74.2 Å². The minimum absolute atomic E-state index is 0.486. The number of aromatic nitrogens is 2. The first-order chi connectivity index (χ1) is 15.7. The molecule has 0 atom stereocenters. The monoisotopic (exact) mass is 429 g/mol. The Morgan fingerprint density at radius 2 is 1.84 bits per heavy atom. The summed E-state index contributed by atoms with van der Waals surface area (Å²) in [5, 5.41) is 15.9. The van der Waals surface area contributed by atoms with Crippen LogP contribution >= 0.6 is 0 Å². The van der Waals surface area contributed by atoms with Crippen molar-refractivity contribution in [3.63, 3.8) is 0 Å². The third kappa shape index (κ3) is 4.82. The summed E-state index contributed by atoms with van der Waals surface area (Å²) in [7, 11) is 1.68. The Hall–Kier alpha value is -3.63. The predicted molar refractivity (Wildman–Crippen MR) is 124 cm³/mol. The summed E-state index contributed by atoms with van der Waals surface area (Å²) in [6.07, 6.45) is 5.78. The summed E-state index contributed by atoms with van der Waals surface area (Å²) in [6, 6.07) is 13.9. The SMILES string of the molecule is CCOc1cc(-c2cnc(Nc3ccc(C4CCNCC4)cc3OC)nc2)ccc1C#N. The van der Waals surface area contributed by atoms with Gasteiger partial charge in [0.15, 0.2) is 0 Å². The second-order valence-corrected chi connectivity index (χ2v) is 7.66. The lowest BCUT2D eigenvalue weighted by Crippen LogP contribution is -2.26. The van der Waals surface area contributed by atoms with E-state index in [1.807, 2.05) is 25.1 Å². The van der Waals surface area contributed by atoms with Gasteiger partial charge in [-0.25, -0.2) is 9.97 Å². The van der Waals surface area contributed by atoms with Crippen molar-refractivity contribution >= 4 is 11.6 Å². The highest BCUT2D eigenvalue weighted by Gasteiger charge is 2.17. The smallest absolute Gasteiger partial charge is 0.227 e. The first-order valence-corrected chi connectivity index (χ1v) is 10.9. The maximum atomic E-state index is 9.24. The van der Waals surface area contributed by atoms with Gasteiger partial charge >= 0.3 is 0 Å². The van der Waals surface area contributed by atoms with Crippen LogP contribution in [0.4, 0.5) is 11.6 Å². The number of methoxy groups -OCH3 is 1. The summed E-state index contributed by atoms with van der Waals surface area (Å²) in [4.78, 5) is 8.93. The van der Waals surface area contributed by atoms with Crippen molar-refractivity contribution in [3.8, 4) is 28.7 Å². The standard InChI is InChI=1S/C25H27N5O2/c1-3-32-23-12-19(4-5-20(23)14-26)21-15-28-25(29-16-21)30-22-7-6-18(13-24(22)31-2)17-8-10-27-11-9-17/h4-7,12-13,15-17,27H,3,8-11H2,1-2H3,(H,28,29,30). The fourth-order valence-corrected chi connectivity index (χ4v) is 3.95. The lowest BCUT2D eigenvalue weighted by atomic mass is 9.90. The molecule has 2 heterocycles. The maximum absolute atomic E-state index is 9.24. The van der Waals surface area contributed by atoms with E-state index in [9.17, 15) is 5.26 Å². The second kappa shape index (κ2) is 10.1. The molecule has 7 nitrogen and oxygen atoms in total. The van der Waals surface area contributed by atoms with E-state index < -0.39 is 0 Å². The van der Waals surface area contributed by atoms with Crippen molar-refractivity contribution in [1.29, 1.82) is 5.26 Å². The van der Waals surface area contributed by atoms with Crippen molar-refractivity contribution in [2.75, 3.05) is 32.1 Å². The molecule has 1 saturated heterocycles. The van der Waals surface area contributed by atoms with Gasteiger partial charge in [0.05, 0.1) is 25.0 Å². The molecule has 0 saturated carbocycles. The molecule has 1 aliphatic heterocycles. The van der Waals surface area contributed by atoms with Crippen LogP contribution in [0.25, 0.3) is 11.1 Å². The number of nitriles is 1. The Kier molecular flexibility index (Phi) is 6.83. The van der Waals surface area contributed by atoms with Gasteiger partial charge in [-0.1, -0.05) is 12.1 Å². The van der Waals surface area contributed by atoms with E-state index in [0.29, 0.717) is 29.8 Å². The fourth-order valence-electron chi connectivity index (χ4n) is 3.95. The molecule has 0 unspecified atom stereocenters. The van der Waals surface area contributed by atoms with E-state index in [4.69, 9.17) is 9.47 Å². The number of rotatable bonds is 7. The van der Waals surface area contributed by atoms with Crippen LogP contribution in [0.1, 0.15) is 36.8 Å². The number of ether oxygens (including phenoxy) is 2. The molecule has 0 spiro atoms. The van der Waals surface area contributed by atoms with Gasteiger partial charge in [-0.15, -0.1) is 0 Å². The molecule has 7 heteroatoms. The van der Waals surface area contributed by atoms with Crippen molar-refractivity contribution in [1.82, 2.24) is 15.3 Å². The zero-order chi connectivity index (χ0) is 22.3. The number of nitrogens with zero attached hydrogens (tertiary/aromatic N) is 3. The van der Waals surface area contributed by atoms with E-state index in [2.05, 4.69) is 38.8 Å². The molecule has 1 aliphatic rings. The summed E-state index contributed by atoms with van der Waals surface area (Å²) in [5.41, 5.74) is 4.37. The van der Waals surface area contributed by atoms with Crippen LogP contribution in [-0.2, 0) is 0 Å². The first-order valence-electron chi connectivity index (χ1n) is 10.9. The number of benzene rings is 2. The summed E-state index contributed by atoms with van der Waals surface area (Å²) in [6.45, 7) is 4.50. The topological polar surface area (TPSA) is 92.1 Å². The Bertz CT molecular complexity index is 1100. The molecule has 0 aliphatic carbocycles. The van der Waals surface area contributed by atoms with Crippen LogP contribution in [0.3, 0.4) is 0 Å². The molecule has 32 heavy (non-hydrogen) atoms. The molecule has 0 radical (unpaired) electrons. The lowest BCUT2D eigenvalue weighted by Gasteiger charge is -2.24. The maximum Gasteiger partial charge on any atom is 0.227 e. The molecule has 1 fully saturated rings. The van der Waals surface area contributed by atoms with Crippen LogP contribution in [0.5, 0.6) is 11.5 Å². The van der Waals surface area contributed by atoms with Crippen LogP contribution in [-0.4, -0.2) is 36.8 Å². The molecular formula is C25H27N5O2. The predicted octanol–water partition coefficient (Wildman–Crippen LogP) is 4.63. The zero-order valence-corrected chi connectivity index (χ0v) is 18.4. The number of anilines is 2. The van der Waals surface area contributed by atoms with Crippen molar-refractivity contribution < 1.29 is 9.47 Å². The van der Waals surface area contributed by atoms with Crippen molar-refractivity contribution in [3.05, 3.63) is 59.9 Å². The highest BCUT2D eigenvalue weighted by atomic mass is 16.5. The minimum Gasteiger partial charge on any atom is -0.495 e. The molecule has 2 aromatic carbocycles. The van der Waals surface area contributed by atoms with E-state index in [1.54, 1.807) is 25.6 Å². The third-order valence-electron chi connectivity index (χ3n) is 5.67.